The molecule has 0 radical (unpaired) electrons. The second kappa shape index (κ2) is 10.3. The Morgan fingerprint density at radius 3 is 2.25 bits per heavy atom. The van der Waals surface area contributed by atoms with E-state index >= 15 is 0 Å². The number of ether oxygens (including phenoxy) is 2. The van der Waals surface area contributed by atoms with Gasteiger partial charge in [-0.05, 0) is 36.8 Å². The monoisotopic (exact) mass is 454 g/mol. The smallest absolute Gasteiger partial charge is 0.251 e. The van der Waals surface area contributed by atoms with Crippen molar-refractivity contribution in [2.24, 2.45) is 0 Å². The van der Waals surface area contributed by atoms with Crippen molar-refractivity contribution in [3.05, 3.63) is 89.5 Å². The molecule has 0 saturated heterocycles. The minimum Gasteiger partial charge on any atom is -0.496 e. The van der Waals surface area contributed by atoms with Gasteiger partial charge in [0.1, 0.15) is 16.4 Å². The fourth-order valence-electron chi connectivity index (χ4n) is 3.26. The normalized spacial score (nSPS) is 12.1. The maximum Gasteiger partial charge on any atom is 0.251 e. The molecule has 0 bridgehead atoms. The first-order valence-electron chi connectivity index (χ1n) is 10.0. The first kappa shape index (κ1) is 23.3. The lowest BCUT2D eigenvalue weighted by Crippen LogP contribution is -2.28. The Hall–Kier alpha value is -3.36. The Morgan fingerprint density at radius 1 is 0.906 bits per heavy atom. The summed E-state index contributed by atoms with van der Waals surface area (Å²) in [5.74, 6) is 0.397. The third-order valence-corrected chi connectivity index (χ3v) is 6.40. The topological polar surface area (TPSA) is 93.7 Å². The van der Waals surface area contributed by atoms with Crippen molar-refractivity contribution in [2.45, 2.75) is 24.4 Å². The molecule has 0 heterocycles. The van der Waals surface area contributed by atoms with Gasteiger partial charge in [-0.3, -0.25) is 4.79 Å². The van der Waals surface area contributed by atoms with E-state index < -0.39 is 15.9 Å². The van der Waals surface area contributed by atoms with E-state index in [0.717, 1.165) is 11.1 Å². The molecule has 0 aliphatic heterocycles. The molecule has 0 spiro atoms. The Balaban J connectivity index is 1.82. The van der Waals surface area contributed by atoms with Gasteiger partial charge in [0.25, 0.3) is 5.91 Å². The minimum absolute atomic E-state index is 0.103. The van der Waals surface area contributed by atoms with E-state index in [2.05, 4.69) is 10.0 Å². The fourth-order valence-corrected chi connectivity index (χ4v) is 4.47. The van der Waals surface area contributed by atoms with E-state index in [0.29, 0.717) is 5.75 Å². The van der Waals surface area contributed by atoms with Crippen LogP contribution in [0, 0.1) is 0 Å². The molecule has 0 fully saturated rings. The van der Waals surface area contributed by atoms with Crippen LogP contribution in [0.2, 0.25) is 0 Å². The van der Waals surface area contributed by atoms with Gasteiger partial charge in [0.2, 0.25) is 10.0 Å². The zero-order valence-electron chi connectivity index (χ0n) is 18.2. The summed E-state index contributed by atoms with van der Waals surface area (Å²) in [4.78, 5) is 12.8. The Kier molecular flexibility index (Phi) is 7.50. The van der Waals surface area contributed by atoms with Crippen molar-refractivity contribution < 1.29 is 22.7 Å². The number of hydrogen-bond acceptors (Lipinski definition) is 5. The second-order valence-electron chi connectivity index (χ2n) is 7.11. The number of amides is 1. The highest BCUT2D eigenvalue weighted by molar-refractivity contribution is 7.89. The van der Waals surface area contributed by atoms with Crippen LogP contribution in [0.15, 0.2) is 77.7 Å². The molecule has 3 aromatic rings. The number of sulfonamides is 1. The molecule has 3 aromatic carbocycles. The van der Waals surface area contributed by atoms with Crippen LogP contribution in [0.5, 0.6) is 11.5 Å². The zero-order chi connectivity index (χ0) is 23.1. The first-order valence-corrected chi connectivity index (χ1v) is 11.5. The van der Waals surface area contributed by atoms with E-state index in [9.17, 15) is 13.2 Å². The number of nitrogens with one attached hydrogen (secondary N) is 2. The highest BCUT2D eigenvalue weighted by atomic mass is 32.2. The van der Waals surface area contributed by atoms with Gasteiger partial charge < -0.3 is 14.8 Å². The average molecular weight is 455 g/mol. The summed E-state index contributed by atoms with van der Waals surface area (Å²) in [6.07, 6.45) is 0. The van der Waals surface area contributed by atoms with Crippen LogP contribution in [0.1, 0.15) is 34.5 Å². The summed E-state index contributed by atoms with van der Waals surface area (Å²) in [6.45, 7) is 1.95. The highest BCUT2D eigenvalue weighted by Gasteiger charge is 2.22. The Morgan fingerprint density at radius 2 is 1.56 bits per heavy atom. The van der Waals surface area contributed by atoms with Crippen LogP contribution in [0.25, 0.3) is 0 Å². The van der Waals surface area contributed by atoms with Gasteiger partial charge in [0.05, 0.1) is 20.3 Å². The van der Waals surface area contributed by atoms with Gasteiger partial charge in [-0.1, -0.05) is 48.5 Å². The molecule has 1 unspecified atom stereocenters. The van der Waals surface area contributed by atoms with Crippen molar-refractivity contribution in [3.63, 3.8) is 0 Å². The summed E-state index contributed by atoms with van der Waals surface area (Å²) in [6, 6.07) is 20.5. The fraction of sp³-hybridized carbons (Fsp3) is 0.208. The van der Waals surface area contributed by atoms with Crippen LogP contribution in [0.4, 0.5) is 0 Å². The number of carbonyl (C=O) groups excluding carboxylic acids is 1. The summed E-state index contributed by atoms with van der Waals surface area (Å²) < 4.78 is 39.0. The van der Waals surface area contributed by atoms with E-state index in [1.807, 2.05) is 61.5 Å². The number of carbonyl (C=O) groups is 1. The van der Waals surface area contributed by atoms with Crippen molar-refractivity contribution >= 4 is 15.9 Å². The summed E-state index contributed by atoms with van der Waals surface area (Å²) >= 11 is 0. The van der Waals surface area contributed by atoms with E-state index in [-0.39, 0.29) is 28.8 Å². The van der Waals surface area contributed by atoms with Crippen LogP contribution in [-0.4, -0.2) is 28.5 Å². The quantitative estimate of drug-likeness (QED) is 0.515. The lowest BCUT2D eigenvalue weighted by Gasteiger charge is -2.18. The van der Waals surface area contributed by atoms with E-state index in [4.69, 9.17) is 9.47 Å². The molecule has 8 heteroatoms. The number of rotatable bonds is 9. The standard InChI is InChI=1S/C24H26N2O5S/c1-17(20-11-7-8-12-21(20)30-2)26-24(27)19-13-14-22(31-3)23(15-19)32(28,29)25-16-18-9-5-4-6-10-18/h4-15,17,25H,16H2,1-3H3,(H,26,27). The van der Waals surface area contributed by atoms with Gasteiger partial charge in [-0.15, -0.1) is 0 Å². The molecule has 168 valence electrons. The number of methoxy groups -OCH3 is 2. The molecule has 7 nitrogen and oxygen atoms in total. The predicted molar refractivity (Wildman–Crippen MR) is 122 cm³/mol. The van der Waals surface area contributed by atoms with Crippen molar-refractivity contribution in [2.75, 3.05) is 14.2 Å². The Labute approximate surface area is 188 Å². The molecule has 2 N–H and O–H groups in total. The third-order valence-electron chi connectivity index (χ3n) is 4.98. The lowest BCUT2D eigenvalue weighted by atomic mass is 10.1. The minimum atomic E-state index is -3.92. The first-order chi connectivity index (χ1) is 15.4. The SMILES string of the molecule is COc1ccccc1C(C)NC(=O)c1ccc(OC)c(S(=O)(=O)NCc2ccccc2)c1. The van der Waals surface area contributed by atoms with E-state index in [1.165, 1.54) is 25.3 Å². The van der Waals surface area contributed by atoms with Crippen molar-refractivity contribution in [3.8, 4) is 11.5 Å². The summed E-state index contributed by atoms with van der Waals surface area (Å²) in [5.41, 5.74) is 1.83. The molecular formula is C24H26N2O5S. The summed E-state index contributed by atoms with van der Waals surface area (Å²) in [7, 11) is -0.974. The van der Waals surface area contributed by atoms with Gasteiger partial charge >= 0.3 is 0 Å². The second-order valence-corrected chi connectivity index (χ2v) is 8.85. The molecule has 1 amide bonds. The largest absolute Gasteiger partial charge is 0.496 e. The molecule has 1 atom stereocenters. The Bertz CT molecular complexity index is 1180. The zero-order valence-corrected chi connectivity index (χ0v) is 19.0. The van der Waals surface area contributed by atoms with Gasteiger partial charge in [0.15, 0.2) is 0 Å². The van der Waals surface area contributed by atoms with Crippen LogP contribution in [0.3, 0.4) is 0 Å². The van der Waals surface area contributed by atoms with E-state index in [1.54, 1.807) is 7.11 Å². The number of benzene rings is 3. The molecule has 0 aromatic heterocycles. The molecule has 0 aliphatic rings. The van der Waals surface area contributed by atoms with Crippen molar-refractivity contribution in [1.82, 2.24) is 10.0 Å². The van der Waals surface area contributed by atoms with Crippen LogP contribution < -0.4 is 19.5 Å². The average Bonchev–Trinajstić information content (AvgIpc) is 2.82. The molecule has 3 rings (SSSR count). The summed E-state index contributed by atoms with van der Waals surface area (Å²) in [5, 5.41) is 2.89. The molecular weight excluding hydrogens is 428 g/mol. The number of hydrogen-bond donors (Lipinski definition) is 2. The maximum absolute atomic E-state index is 12.9. The van der Waals surface area contributed by atoms with Gasteiger partial charge in [0, 0.05) is 17.7 Å². The van der Waals surface area contributed by atoms with Gasteiger partial charge in [-0.2, -0.15) is 0 Å². The van der Waals surface area contributed by atoms with Crippen LogP contribution >= 0.6 is 0 Å². The van der Waals surface area contributed by atoms with Gasteiger partial charge in [-0.25, -0.2) is 13.1 Å². The number of para-hydroxylation sites is 1. The van der Waals surface area contributed by atoms with Crippen LogP contribution in [-0.2, 0) is 16.6 Å². The predicted octanol–water partition coefficient (Wildman–Crippen LogP) is 3.67. The highest BCUT2D eigenvalue weighted by Crippen LogP contribution is 2.27. The molecule has 0 saturated carbocycles. The molecule has 0 aliphatic carbocycles. The molecule has 32 heavy (non-hydrogen) atoms. The lowest BCUT2D eigenvalue weighted by molar-refractivity contribution is 0.0939. The third kappa shape index (κ3) is 5.46. The maximum atomic E-state index is 12.9. The van der Waals surface area contributed by atoms with Crippen molar-refractivity contribution in [1.29, 1.82) is 0 Å².